The fourth-order valence-corrected chi connectivity index (χ4v) is 2.20. The van der Waals surface area contributed by atoms with Crippen LogP contribution in [0.5, 0.6) is 11.5 Å². The lowest BCUT2D eigenvalue weighted by atomic mass is 9.96. The zero-order valence-corrected chi connectivity index (χ0v) is 14.2. The molecule has 0 radical (unpaired) electrons. The number of hydrogen-bond donors (Lipinski definition) is 1. The summed E-state index contributed by atoms with van der Waals surface area (Å²) in [4.78, 5) is 0. The summed E-state index contributed by atoms with van der Waals surface area (Å²) in [6.07, 6.45) is 1.68. The van der Waals surface area contributed by atoms with Crippen LogP contribution in [0.25, 0.3) is 0 Å². The van der Waals surface area contributed by atoms with E-state index in [9.17, 15) is 0 Å². The second-order valence-electron chi connectivity index (χ2n) is 5.74. The predicted molar refractivity (Wildman–Crippen MR) is 88.6 cm³/mol. The van der Waals surface area contributed by atoms with Gasteiger partial charge in [0.15, 0.2) is 17.3 Å². The zero-order valence-electron chi connectivity index (χ0n) is 13.4. The first-order valence-corrected chi connectivity index (χ1v) is 7.22. The third kappa shape index (κ3) is 3.19. The van der Waals surface area contributed by atoms with E-state index in [1.165, 1.54) is 0 Å². The molecule has 6 nitrogen and oxygen atoms in total. The minimum Gasteiger partial charge on any atom is -0.493 e. The summed E-state index contributed by atoms with van der Waals surface area (Å²) < 4.78 is 12.7. The Hall–Kier alpha value is -2.15. The van der Waals surface area contributed by atoms with E-state index in [4.69, 9.17) is 21.7 Å². The third-order valence-corrected chi connectivity index (χ3v) is 3.33. The van der Waals surface area contributed by atoms with Crippen molar-refractivity contribution in [3.8, 4) is 11.5 Å². The Bertz CT molecular complexity index is 741. The van der Waals surface area contributed by atoms with Crippen LogP contribution in [0, 0.1) is 4.77 Å². The standard InChI is InChI=1S/C15H20N4O2S/c1-15(2,3)13-17-18-14(22)19(13)16-9-10-7-6-8-11(20-4)12(10)21-5/h6-9H,1-5H3,(H,18,22)/b16-9-. The summed E-state index contributed by atoms with van der Waals surface area (Å²) in [7, 11) is 3.20. The van der Waals surface area contributed by atoms with Gasteiger partial charge >= 0.3 is 0 Å². The van der Waals surface area contributed by atoms with Crippen molar-refractivity contribution in [2.24, 2.45) is 5.10 Å². The SMILES string of the molecule is COc1cccc(/C=N\n2c(C(C)(C)C)n[nH]c2=S)c1OC. The molecule has 0 amide bonds. The molecule has 1 aromatic heterocycles. The molecule has 0 aliphatic rings. The van der Waals surface area contributed by atoms with E-state index in [0.29, 0.717) is 16.3 Å². The highest BCUT2D eigenvalue weighted by molar-refractivity contribution is 7.71. The monoisotopic (exact) mass is 320 g/mol. The minimum absolute atomic E-state index is 0.177. The van der Waals surface area contributed by atoms with E-state index < -0.39 is 0 Å². The molecule has 2 rings (SSSR count). The molecule has 118 valence electrons. The molecule has 0 atom stereocenters. The molecule has 0 fully saturated rings. The van der Waals surface area contributed by atoms with E-state index in [2.05, 4.69) is 36.1 Å². The van der Waals surface area contributed by atoms with Crippen LogP contribution >= 0.6 is 12.2 Å². The lowest BCUT2D eigenvalue weighted by molar-refractivity contribution is 0.354. The van der Waals surface area contributed by atoms with Gasteiger partial charge in [-0.25, -0.2) is 0 Å². The van der Waals surface area contributed by atoms with Gasteiger partial charge in [0.1, 0.15) is 0 Å². The molecule has 0 unspecified atom stereocenters. The van der Waals surface area contributed by atoms with Crippen LogP contribution in [0.15, 0.2) is 23.3 Å². The predicted octanol–water partition coefficient (Wildman–Crippen LogP) is 3.14. The van der Waals surface area contributed by atoms with Gasteiger partial charge in [-0.3, -0.25) is 5.10 Å². The highest BCUT2D eigenvalue weighted by Crippen LogP contribution is 2.29. The highest BCUT2D eigenvalue weighted by atomic mass is 32.1. The summed E-state index contributed by atoms with van der Waals surface area (Å²) in [5.41, 5.74) is 0.619. The van der Waals surface area contributed by atoms with Crippen molar-refractivity contribution in [1.82, 2.24) is 14.9 Å². The van der Waals surface area contributed by atoms with E-state index in [0.717, 1.165) is 11.4 Å². The molecule has 0 aliphatic carbocycles. The Kier molecular flexibility index (Phi) is 4.65. The summed E-state index contributed by atoms with van der Waals surface area (Å²) in [6, 6.07) is 5.60. The number of rotatable bonds is 4. The molecule has 1 heterocycles. The van der Waals surface area contributed by atoms with Crippen LogP contribution in [0.2, 0.25) is 0 Å². The van der Waals surface area contributed by atoms with Crippen molar-refractivity contribution in [1.29, 1.82) is 0 Å². The summed E-state index contributed by atoms with van der Waals surface area (Å²) >= 11 is 5.24. The lowest BCUT2D eigenvalue weighted by Gasteiger charge is -2.16. The number of nitrogens with one attached hydrogen (secondary N) is 1. The van der Waals surface area contributed by atoms with Crippen molar-refractivity contribution < 1.29 is 9.47 Å². The number of H-pyrrole nitrogens is 1. The maximum absolute atomic E-state index is 5.39. The number of aromatic nitrogens is 3. The number of nitrogens with zero attached hydrogens (tertiary/aromatic N) is 3. The fraction of sp³-hybridized carbons (Fsp3) is 0.400. The molecule has 1 aromatic carbocycles. The molecule has 1 N–H and O–H groups in total. The number of hydrogen-bond acceptors (Lipinski definition) is 5. The van der Waals surface area contributed by atoms with Gasteiger partial charge in [-0.1, -0.05) is 26.8 Å². The largest absolute Gasteiger partial charge is 0.493 e. The Morgan fingerprint density at radius 3 is 2.59 bits per heavy atom. The number of aromatic amines is 1. The molecule has 7 heteroatoms. The van der Waals surface area contributed by atoms with Gasteiger partial charge in [0.25, 0.3) is 0 Å². The van der Waals surface area contributed by atoms with Crippen molar-refractivity contribution in [3.05, 3.63) is 34.4 Å². The zero-order chi connectivity index (χ0) is 16.3. The molecule has 0 spiro atoms. The average molecular weight is 320 g/mol. The van der Waals surface area contributed by atoms with Gasteiger partial charge in [0, 0.05) is 11.0 Å². The maximum atomic E-state index is 5.39. The van der Waals surface area contributed by atoms with E-state index in [1.54, 1.807) is 25.1 Å². The fourth-order valence-electron chi connectivity index (χ4n) is 2.02. The Labute approximate surface area is 134 Å². The number of para-hydroxylation sites is 1. The molecule has 0 bridgehead atoms. The van der Waals surface area contributed by atoms with Crippen LogP contribution < -0.4 is 9.47 Å². The van der Waals surface area contributed by atoms with Gasteiger partial charge in [0.2, 0.25) is 4.77 Å². The first-order valence-electron chi connectivity index (χ1n) is 6.81. The van der Waals surface area contributed by atoms with E-state index >= 15 is 0 Å². The van der Waals surface area contributed by atoms with Gasteiger partial charge in [-0.2, -0.15) is 14.9 Å². The number of methoxy groups -OCH3 is 2. The summed E-state index contributed by atoms with van der Waals surface area (Å²) in [5, 5.41) is 11.5. The summed E-state index contributed by atoms with van der Waals surface area (Å²) in [5.74, 6) is 2.04. The van der Waals surface area contributed by atoms with Crippen molar-refractivity contribution in [2.75, 3.05) is 14.2 Å². The molecule has 0 saturated carbocycles. The highest BCUT2D eigenvalue weighted by Gasteiger charge is 2.21. The second kappa shape index (κ2) is 6.31. The van der Waals surface area contributed by atoms with Crippen LogP contribution in [0.3, 0.4) is 0 Å². The average Bonchev–Trinajstić information content (AvgIpc) is 2.85. The van der Waals surface area contributed by atoms with Crippen molar-refractivity contribution in [3.63, 3.8) is 0 Å². The van der Waals surface area contributed by atoms with Gasteiger partial charge < -0.3 is 9.47 Å². The molecule has 2 aromatic rings. The van der Waals surface area contributed by atoms with Crippen molar-refractivity contribution in [2.45, 2.75) is 26.2 Å². The van der Waals surface area contributed by atoms with Gasteiger partial charge in [0.05, 0.1) is 20.4 Å². The van der Waals surface area contributed by atoms with Crippen LogP contribution in [0.4, 0.5) is 0 Å². The second-order valence-corrected chi connectivity index (χ2v) is 6.13. The first kappa shape index (κ1) is 16.2. The topological polar surface area (TPSA) is 64.4 Å². The Morgan fingerprint density at radius 2 is 2.00 bits per heavy atom. The van der Waals surface area contributed by atoms with E-state index in [1.807, 2.05) is 18.2 Å². The molecule has 22 heavy (non-hydrogen) atoms. The summed E-state index contributed by atoms with van der Waals surface area (Å²) in [6.45, 7) is 6.16. The third-order valence-electron chi connectivity index (χ3n) is 3.07. The molecule has 0 aliphatic heterocycles. The van der Waals surface area contributed by atoms with Crippen LogP contribution in [-0.2, 0) is 5.41 Å². The van der Waals surface area contributed by atoms with Gasteiger partial charge in [-0.05, 0) is 24.4 Å². The molecular weight excluding hydrogens is 300 g/mol. The van der Waals surface area contributed by atoms with Crippen LogP contribution in [-0.4, -0.2) is 35.3 Å². The normalized spacial score (nSPS) is 11.9. The minimum atomic E-state index is -0.177. The van der Waals surface area contributed by atoms with Crippen LogP contribution in [0.1, 0.15) is 32.2 Å². The first-order chi connectivity index (χ1) is 10.4. The number of benzene rings is 1. The number of ether oxygens (including phenoxy) is 2. The quantitative estimate of drug-likeness (QED) is 0.694. The smallest absolute Gasteiger partial charge is 0.216 e. The molecular formula is C15H20N4O2S. The van der Waals surface area contributed by atoms with Gasteiger partial charge in [-0.15, -0.1) is 0 Å². The molecule has 0 saturated heterocycles. The Balaban J connectivity index is 2.47. The Morgan fingerprint density at radius 1 is 1.27 bits per heavy atom. The maximum Gasteiger partial charge on any atom is 0.216 e. The lowest BCUT2D eigenvalue weighted by Crippen LogP contribution is -2.17. The van der Waals surface area contributed by atoms with Crippen molar-refractivity contribution >= 4 is 18.4 Å². The van der Waals surface area contributed by atoms with E-state index in [-0.39, 0.29) is 5.41 Å².